The van der Waals surface area contributed by atoms with Crippen LogP contribution in [0.5, 0.6) is 0 Å². The molecule has 1 saturated carbocycles. The predicted molar refractivity (Wildman–Crippen MR) is 103 cm³/mol. The molecule has 0 amide bonds. The molecule has 4 atom stereocenters. The molecule has 0 N–H and O–H groups in total. The number of thioether (sulfide) groups is 1. The summed E-state index contributed by atoms with van der Waals surface area (Å²) in [7, 11) is 0. The van der Waals surface area contributed by atoms with Gasteiger partial charge in [0.25, 0.3) is 0 Å². The summed E-state index contributed by atoms with van der Waals surface area (Å²) in [5.41, 5.74) is 2.89. The molecule has 2 heteroatoms. The van der Waals surface area contributed by atoms with Crippen molar-refractivity contribution in [3.05, 3.63) is 77.5 Å². The Kier molecular flexibility index (Phi) is 5.03. The van der Waals surface area contributed by atoms with Crippen LogP contribution in [-0.2, 0) is 0 Å². The maximum absolute atomic E-state index is 4.23. The standard InChI is InChI=1S/C22H25NS/c1-2-6-17(7-3-1)22(18-11-13-23-14-12-18)20-9-4-8-19(16-20)21-10-5-15-24-21/h1-3,5-7,11-15,19-22H,4,8-10,16H2. The highest BCUT2D eigenvalue weighted by Crippen LogP contribution is 2.46. The molecule has 2 aliphatic rings. The normalized spacial score (nSPS) is 27.9. The highest BCUT2D eigenvalue weighted by Gasteiger charge is 2.34. The molecule has 0 saturated heterocycles. The molecule has 24 heavy (non-hydrogen) atoms. The highest BCUT2D eigenvalue weighted by molar-refractivity contribution is 8.03. The van der Waals surface area contributed by atoms with Gasteiger partial charge in [0.05, 0.1) is 0 Å². The Balaban J connectivity index is 1.61. The fraction of sp³-hybridized carbons (Fsp3) is 0.409. The summed E-state index contributed by atoms with van der Waals surface area (Å²) < 4.78 is 0. The van der Waals surface area contributed by atoms with Gasteiger partial charge in [0, 0.05) is 23.6 Å². The van der Waals surface area contributed by atoms with Crippen molar-refractivity contribution in [3.63, 3.8) is 0 Å². The SMILES string of the molecule is C1=CSC(C2CCCC(C(c3ccccc3)c3ccncc3)C2)C1. The maximum Gasteiger partial charge on any atom is 0.0270 e. The summed E-state index contributed by atoms with van der Waals surface area (Å²) in [6.45, 7) is 0. The molecular weight excluding hydrogens is 310 g/mol. The number of aromatic nitrogens is 1. The first-order valence-electron chi connectivity index (χ1n) is 9.17. The van der Waals surface area contributed by atoms with Crippen molar-refractivity contribution in [3.8, 4) is 0 Å². The van der Waals surface area contributed by atoms with Crippen LogP contribution in [0.1, 0.15) is 49.1 Å². The van der Waals surface area contributed by atoms with Gasteiger partial charge in [0.1, 0.15) is 0 Å². The molecule has 124 valence electrons. The van der Waals surface area contributed by atoms with E-state index in [1.807, 2.05) is 12.4 Å². The second-order valence-electron chi connectivity index (χ2n) is 7.14. The second kappa shape index (κ2) is 7.57. The van der Waals surface area contributed by atoms with Crippen LogP contribution >= 0.6 is 11.8 Å². The van der Waals surface area contributed by atoms with E-state index in [-0.39, 0.29) is 0 Å². The lowest BCUT2D eigenvalue weighted by Crippen LogP contribution is -2.27. The third kappa shape index (κ3) is 3.44. The van der Waals surface area contributed by atoms with Crippen molar-refractivity contribution in [2.75, 3.05) is 0 Å². The fourth-order valence-corrected chi connectivity index (χ4v) is 5.70. The summed E-state index contributed by atoms with van der Waals surface area (Å²) in [5.74, 6) is 2.13. The summed E-state index contributed by atoms with van der Waals surface area (Å²) in [5, 5.41) is 3.13. The molecule has 1 aliphatic carbocycles. The third-order valence-corrected chi connectivity index (χ3v) is 6.97. The molecule has 2 heterocycles. The lowest BCUT2D eigenvalue weighted by Gasteiger charge is -2.37. The lowest BCUT2D eigenvalue weighted by atomic mass is 9.69. The van der Waals surface area contributed by atoms with Crippen molar-refractivity contribution in [1.29, 1.82) is 0 Å². The number of rotatable bonds is 4. The molecule has 4 unspecified atom stereocenters. The van der Waals surface area contributed by atoms with Crippen molar-refractivity contribution < 1.29 is 0 Å². The Morgan fingerprint density at radius 1 is 0.958 bits per heavy atom. The first-order valence-corrected chi connectivity index (χ1v) is 10.1. The number of pyridine rings is 1. The van der Waals surface area contributed by atoms with Gasteiger partial charge in [-0.3, -0.25) is 4.98 Å². The Bertz CT molecular complexity index is 619. The van der Waals surface area contributed by atoms with E-state index in [0.29, 0.717) is 5.92 Å². The van der Waals surface area contributed by atoms with Gasteiger partial charge >= 0.3 is 0 Å². The van der Waals surface area contributed by atoms with E-state index in [1.165, 1.54) is 43.2 Å². The monoisotopic (exact) mass is 335 g/mol. The molecule has 1 fully saturated rings. The van der Waals surface area contributed by atoms with Crippen LogP contribution in [0.25, 0.3) is 0 Å². The topological polar surface area (TPSA) is 12.9 Å². The van der Waals surface area contributed by atoms with Crippen LogP contribution in [0, 0.1) is 11.8 Å². The average molecular weight is 336 g/mol. The van der Waals surface area contributed by atoms with Crippen LogP contribution < -0.4 is 0 Å². The van der Waals surface area contributed by atoms with E-state index in [4.69, 9.17) is 0 Å². The minimum Gasteiger partial charge on any atom is -0.265 e. The summed E-state index contributed by atoms with van der Waals surface area (Å²) in [6, 6.07) is 15.5. The van der Waals surface area contributed by atoms with Crippen molar-refractivity contribution >= 4 is 11.8 Å². The molecule has 0 spiro atoms. The van der Waals surface area contributed by atoms with E-state index in [0.717, 1.165) is 17.1 Å². The zero-order valence-electron chi connectivity index (χ0n) is 14.1. The van der Waals surface area contributed by atoms with Gasteiger partial charge in [-0.15, -0.1) is 11.8 Å². The van der Waals surface area contributed by atoms with Crippen molar-refractivity contribution in [2.45, 2.75) is 43.3 Å². The van der Waals surface area contributed by atoms with Crippen molar-refractivity contribution in [1.82, 2.24) is 4.98 Å². The maximum atomic E-state index is 4.23. The summed E-state index contributed by atoms with van der Waals surface area (Å²) in [6.07, 6.45) is 13.0. The molecule has 0 radical (unpaired) electrons. The molecule has 1 aliphatic heterocycles. The highest BCUT2D eigenvalue weighted by atomic mass is 32.2. The molecule has 0 bridgehead atoms. The Hall–Kier alpha value is -1.54. The van der Waals surface area contributed by atoms with Crippen LogP contribution in [-0.4, -0.2) is 10.2 Å². The number of hydrogen-bond acceptors (Lipinski definition) is 2. The molecular formula is C22H25NS. The van der Waals surface area contributed by atoms with E-state index >= 15 is 0 Å². The predicted octanol–water partition coefficient (Wildman–Crippen LogP) is 6.04. The van der Waals surface area contributed by atoms with Gasteiger partial charge in [-0.2, -0.15) is 0 Å². The quantitative estimate of drug-likeness (QED) is 0.675. The van der Waals surface area contributed by atoms with E-state index in [2.05, 4.69) is 70.7 Å². The van der Waals surface area contributed by atoms with Crippen LogP contribution in [0.2, 0.25) is 0 Å². The Morgan fingerprint density at radius 2 is 1.75 bits per heavy atom. The zero-order valence-corrected chi connectivity index (χ0v) is 14.9. The molecule has 4 rings (SSSR count). The molecule has 2 aromatic rings. The van der Waals surface area contributed by atoms with Gasteiger partial charge in [-0.1, -0.05) is 42.8 Å². The van der Waals surface area contributed by atoms with Crippen LogP contribution in [0.15, 0.2) is 66.3 Å². The van der Waals surface area contributed by atoms with Gasteiger partial charge in [0.15, 0.2) is 0 Å². The number of nitrogens with zero attached hydrogens (tertiary/aromatic N) is 1. The van der Waals surface area contributed by atoms with E-state index in [9.17, 15) is 0 Å². The fourth-order valence-electron chi connectivity index (χ4n) is 4.58. The van der Waals surface area contributed by atoms with Crippen LogP contribution in [0.4, 0.5) is 0 Å². The van der Waals surface area contributed by atoms with Crippen LogP contribution in [0.3, 0.4) is 0 Å². The largest absolute Gasteiger partial charge is 0.265 e. The molecule has 1 nitrogen and oxygen atoms in total. The number of hydrogen-bond donors (Lipinski definition) is 0. The number of allylic oxidation sites excluding steroid dienone is 1. The smallest absolute Gasteiger partial charge is 0.0270 e. The third-order valence-electron chi connectivity index (χ3n) is 5.69. The van der Waals surface area contributed by atoms with Gasteiger partial charge in [-0.05, 0) is 66.2 Å². The zero-order chi connectivity index (χ0) is 16.2. The minimum absolute atomic E-state index is 0.511. The first-order chi connectivity index (χ1) is 11.9. The first kappa shape index (κ1) is 16.0. The summed E-state index contributed by atoms with van der Waals surface area (Å²) in [4.78, 5) is 4.23. The Labute approximate surface area is 149 Å². The van der Waals surface area contributed by atoms with E-state index in [1.54, 1.807) is 0 Å². The summed E-state index contributed by atoms with van der Waals surface area (Å²) >= 11 is 2.06. The second-order valence-corrected chi connectivity index (χ2v) is 8.29. The number of benzene rings is 1. The van der Waals surface area contributed by atoms with E-state index < -0.39 is 0 Å². The average Bonchev–Trinajstić information content (AvgIpc) is 3.19. The molecule has 1 aromatic heterocycles. The van der Waals surface area contributed by atoms with Gasteiger partial charge in [-0.25, -0.2) is 0 Å². The van der Waals surface area contributed by atoms with Crippen molar-refractivity contribution in [2.24, 2.45) is 11.8 Å². The minimum atomic E-state index is 0.511. The lowest BCUT2D eigenvalue weighted by molar-refractivity contribution is 0.243. The molecule has 1 aromatic carbocycles. The van der Waals surface area contributed by atoms with Gasteiger partial charge in [0.2, 0.25) is 0 Å². The van der Waals surface area contributed by atoms with Gasteiger partial charge < -0.3 is 0 Å². The Morgan fingerprint density at radius 3 is 2.50 bits per heavy atom.